The van der Waals surface area contributed by atoms with Crippen molar-refractivity contribution in [3.05, 3.63) is 29.5 Å². The van der Waals surface area contributed by atoms with Gasteiger partial charge in [-0.2, -0.15) is 5.10 Å². The molecule has 0 saturated carbocycles. The molecule has 1 aromatic carbocycles. The quantitative estimate of drug-likeness (QED) is 0.743. The molecule has 3 rings (SSSR count). The van der Waals surface area contributed by atoms with Crippen molar-refractivity contribution < 1.29 is 14.3 Å². The van der Waals surface area contributed by atoms with Gasteiger partial charge in [-0.15, -0.1) is 0 Å². The third kappa shape index (κ3) is 4.82. The van der Waals surface area contributed by atoms with E-state index in [1.54, 1.807) is 7.11 Å². The van der Waals surface area contributed by atoms with Crippen LogP contribution in [0.1, 0.15) is 37.9 Å². The number of methoxy groups -OCH3 is 1. The van der Waals surface area contributed by atoms with E-state index >= 15 is 0 Å². The molecule has 0 spiro atoms. The van der Waals surface area contributed by atoms with Crippen LogP contribution in [-0.4, -0.2) is 49.1 Å². The number of amides is 1. The van der Waals surface area contributed by atoms with Gasteiger partial charge in [-0.3, -0.25) is 9.48 Å². The fourth-order valence-corrected chi connectivity index (χ4v) is 3.67. The van der Waals surface area contributed by atoms with Crippen LogP contribution in [0, 0.1) is 0 Å². The molecule has 0 bridgehead atoms. The van der Waals surface area contributed by atoms with Crippen LogP contribution >= 0.6 is 0 Å². The largest absolute Gasteiger partial charge is 0.494 e. The second-order valence-corrected chi connectivity index (χ2v) is 7.51. The van der Waals surface area contributed by atoms with Gasteiger partial charge in [-0.05, 0) is 18.1 Å². The van der Waals surface area contributed by atoms with E-state index in [-0.39, 0.29) is 5.91 Å². The van der Waals surface area contributed by atoms with Crippen LogP contribution < -0.4 is 20.3 Å². The zero-order valence-electron chi connectivity index (χ0n) is 17.9. The standard InChI is InChI=1S/C21H31N5O3/c1-14(2)20-17(21(25(4)24-20)26-8-10-29-11-9-26)13-22-16-6-7-18(23-15(3)27)19(12-16)28-5/h6-7,12,14,22H,8-11,13H2,1-5H3,(H,23,27). The average molecular weight is 402 g/mol. The number of aryl methyl sites for hydroxylation is 1. The van der Waals surface area contributed by atoms with Crippen molar-refractivity contribution in [1.29, 1.82) is 0 Å². The molecule has 8 heteroatoms. The maximum atomic E-state index is 11.4. The highest BCUT2D eigenvalue weighted by molar-refractivity contribution is 5.90. The normalized spacial score (nSPS) is 14.2. The lowest BCUT2D eigenvalue weighted by molar-refractivity contribution is -0.114. The van der Waals surface area contributed by atoms with Gasteiger partial charge in [0, 0.05) is 50.9 Å². The van der Waals surface area contributed by atoms with Crippen LogP contribution in [0.15, 0.2) is 18.2 Å². The van der Waals surface area contributed by atoms with Gasteiger partial charge >= 0.3 is 0 Å². The zero-order chi connectivity index (χ0) is 21.0. The number of rotatable bonds is 7. The molecule has 8 nitrogen and oxygen atoms in total. The summed E-state index contributed by atoms with van der Waals surface area (Å²) in [5, 5.41) is 11.1. The van der Waals surface area contributed by atoms with Crippen LogP contribution in [0.5, 0.6) is 5.75 Å². The molecule has 29 heavy (non-hydrogen) atoms. The number of carbonyl (C=O) groups excluding carboxylic acids is 1. The average Bonchev–Trinajstić information content (AvgIpc) is 3.04. The van der Waals surface area contributed by atoms with Crippen molar-refractivity contribution in [1.82, 2.24) is 9.78 Å². The summed E-state index contributed by atoms with van der Waals surface area (Å²) in [6.07, 6.45) is 0. The topological polar surface area (TPSA) is 80.7 Å². The summed E-state index contributed by atoms with van der Waals surface area (Å²) in [5.41, 5.74) is 3.88. The van der Waals surface area contributed by atoms with E-state index in [0.717, 1.165) is 43.5 Å². The molecular formula is C21H31N5O3. The predicted octanol–water partition coefficient (Wildman–Crippen LogP) is 2.96. The predicted molar refractivity (Wildman–Crippen MR) is 115 cm³/mol. The van der Waals surface area contributed by atoms with Crippen molar-refractivity contribution in [2.45, 2.75) is 33.2 Å². The molecule has 2 aromatic rings. The second kappa shape index (κ2) is 9.17. The zero-order valence-corrected chi connectivity index (χ0v) is 17.9. The highest BCUT2D eigenvalue weighted by Gasteiger charge is 2.24. The molecule has 1 aromatic heterocycles. The van der Waals surface area contributed by atoms with Gasteiger partial charge in [0.05, 0.1) is 31.7 Å². The third-order valence-corrected chi connectivity index (χ3v) is 4.98. The van der Waals surface area contributed by atoms with E-state index in [9.17, 15) is 4.79 Å². The molecule has 1 fully saturated rings. The minimum absolute atomic E-state index is 0.129. The number of nitrogens with zero attached hydrogens (tertiary/aromatic N) is 3. The summed E-state index contributed by atoms with van der Waals surface area (Å²) in [6.45, 7) is 9.66. The fraction of sp³-hybridized carbons (Fsp3) is 0.524. The Hall–Kier alpha value is -2.74. The Balaban J connectivity index is 1.85. The maximum Gasteiger partial charge on any atom is 0.221 e. The number of morpholine rings is 1. The van der Waals surface area contributed by atoms with E-state index in [4.69, 9.17) is 14.6 Å². The van der Waals surface area contributed by atoms with Crippen molar-refractivity contribution in [3.8, 4) is 5.75 Å². The van der Waals surface area contributed by atoms with E-state index < -0.39 is 0 Å². The number of hydrogen-bond donors (Lipinski definition) is 2. The number of carbonyl (C=O) groups is 1. The van der Waals surface area contributed by atoms with Crippen molar-refractivity contribution >= 4 is 23.1 Å². The van der Waals surface area contributed by atoms with Crippen LogP contribution in [0.4, 0.5) is 17.2 Å². The highest BCUT2D eigenvalue weighted by Crippen LogP contribution is 2.32. The molecule has 0 atom stereocenters. The maximum absolute atomic E-state index is 11.4. The van der Waals surface area contributed by atoms with Crippen molar-refractivity contribution in [2.24, 2.45) is 7.05 Å². The molecule has 1 aliphatic rings. The number of anilines is 3. The van der Waals surface area contributed by atoms with Gasteiger partial charge in [-0.1, -0.05) is 13.8 Å². The van der Waals surface area contributed by atoms with E-state index in [2.05, 4.69) is 29.4 Å². The molecule has 1 amide bonds. The Morgan fingerprint density at radius 3 is 2.66 bits per heavy atom. The van der Waals surface area contributed by atoms with Gasteiger partial charge in [-0.25, -0.2) is 0 Å². The monoisotopic (exact) mass is 401 g/mol. The van der Waals surface area contributed by atoms with E-state index in [0.29, 0.717) is 23.9 Å². The van der Waals surface area contributed by atoms with E-state index in [1.807, 2.05) is 29.9 Å². The second-order valence-electron chi connectivity index (χ2n) is 7.51. The van der Waals surface area contributed by atoms with Gasteiger partial charge in [0.25, 0.3) is 0 Å². The summed E-state index contributed by atoms with van der Waals surface area (Å²) in [4.78, 5) is 13.7. The van der Waals surface area contributed by atoms with Crippen LogP contribution in [0.3, 0.4) is 0 Å². The van der Waals surface area contributed by atoms with Gasteiger partial charge in [0.15, 0.2) is 0 Å². The van der Waals surface area contributed by atoms with Crippen LogP contribution in [0.2, 0.25) is 0 Å². The summed E-state index contributed by atoms with van der Waals surface area (Å²) in [5.74, 6) is 1.96. The number of nitrogens with one attached hydrogen (secondary N) is 2. The Bertz CT molecular complexity index is 856. The minimum Gasteiger partial charge on any atom is -0.494 e. The minimum atomic E-state index is -0.129. The van der Waals surface area contributed by atoms with Gasteiger partial charge in [0.1, 0.15) is 11.6 Å². The first kappa shape index (κ1) is 21.0. The number of ether oxygens (including phenoxy) is 2. The lowest BCUT2D eigenvalue weighted by Crippen LogP contribution is -2.38. The van der Waals surface area contributed by atoms with Gasteiger partial charge in [0.2, 0.25) is 5.91 Å². The molecule has 0 radical (unpaired) electrons. The molecule has 0 aliphatic carbocycles. The smallest absolute Gasteiger partial charge is 0.221 e. The molecule has 2 N–H and O–H groups in total. The van der Waals surface area contributed by atoms with Crippen molar-refractivity contribution in [3.63, 3.8) is 0 Å². The number of aromatic nitrogens is 2. The fourth-order valence-electron chi connectivity index (χ4n) is 3.67. The third-order valence-electron chi connectivity index (χ3n) is 4.98. The lowest BCUT2D eigenvalue weighted by atomic mass is 10.0. The Morgan fingerprint density at radius 2 is 2.03 bits per heavy atom. The summed E-state index contributed by atoms with van der Waals surface area (Å²) in [6, 6.07) is 5.68. The molecule has 158 valence electrons. The SMILES string of the molecule is COc1cc(NCc2c(C(C)C)nn(C)c2N2CCOCC2)ccc1NC(C)=O. The lowest BCUT2D eigenvalue weighted by Gasteiger charge is -2.29. The molecule has 1 saturated heterocycles. The van der Waals surface area contributed by atoms with Crippen molar-refractivity contribution in [2.75, 3.05) is 48.9 Å². The first-order chi connectivity index (χ1) is 13.9. The molecule has 2 heterocycles. The Morgan fingerprint density at radius 1 is 1.31 bits per heavy atom. The van der Waals surface area contributed by atoms with Crippen LogP contribution in [0.25, 0.3) is 0 Å². The molecule has 0 unspecified atom stereocenters. The van der Waals surface area contributed by atoms with Gasteiger partial charge < -0.3 is 25.0 Å². The first-order valence-electron chi connectivity index (χ1n) is 9.98. The summed E-state index contributed by atoms with van der Waals surface area (Å²) in [7, 11) is 3.60. The molecule has 1 aliphatic heterocycles. The molecular weight excluding hydrogens is 370 g/mol. The Labute approximate surface area is 172 Å². The van der Waals surface area contributed by atoms with Crippen LogP contribution in [-0.2, 0) is 23.1 Å². The number of benzene rings is 1. The number of hydrogen-bond acceptors (Lipinski definition) is 6. The Kier molecular flexibility index (Phi) is 6.64. The summed E-state index contributed by atoms with van der Waals surface area (Å²) < 4.78 is 12.9. The van der Waals surface area contributed by atoms with E-state index in [1.165, 1.54) is 12.5 Å². The highest BCUT2D eigenvalue weighted by atomic mass is 16.5. The first-order valence-corrected chi connectivity index (χ1v) is 9.98. The summed E-state index contributed by atoms with van der Waals surface area (Å²) >= 11 is 0.